The van der Waals surface area contributed by atoms with E-state index in [0.717, 1.165) is 5.92 Å². The highest BCUT2D eigenvalue weighted by Gasteiger charge is 2.17. The van der Waals surface area contributed by atoms with E-state index in [9.17, 15) is 0 Å². The molecule has 1 nitrogen and oxygen atoms in total. The van der Waals surface area contributed by atoms with Gasteiger partial charge in [-0.25, -0.2) is 0 Å². The summed E-state index contributed by atoms with van der Waals surface area (Å²) in [7, 11) is 0. The number of pyridine rings is 1. The molecule has 0 N–H and O–H groups in total. The van der Waals surface area contributed by atoms with Crippen molar-refractivity contribution < 1.29 is 0 Å². The second kappa shape index (κ2) is 4.12. The fraction of sp³-hybridized carbons (Fsp3) is 0.615. The molecule has 1 aliphatic carbocycles. The van der Waals surface area contributed by atoms with Crippen molar-refractivity contribution in [2.45, 2.75) is 51.9 Å². The summed E-state index contributed by atoms with van der Waals surface area (Å²) < 4.78 is 0. The standard InChI is InChI=1S/C13H19N/c1-10-8-13(11(2)14-9-10)12-6-4-3-5-7-12/h8-9,12H,3-7H2,1-2H3. The third-order valence-electron chi connectivity index (χ3n) is 3.31. The molecule has 1 aromatic heterocycles. The second-order valence-corrected chi connectivity index (χ2v) is 4.52. The molecule has 1 heteroatoms. The van der Waals surface area contributed by atoms with Gasteiger partial charge in [0.25, 0.3) is 0 Å². The van der Waals surface area contributed by atoms with Crippen LogP contribution in [0.5, 0.6) is 0 Å². The number of rotatable bonds is 1. The van der Waals surface area contributed by atoms with Gasteiger partial charge in [0.15, 0.2) is 0 Å². The lowest BCUT2D eigenvalue weighted by molar-refractivity contribution is 0.441. The van der Waals surface area contributed by atoms with Crippen molar-refractivity contribution in [2.75, 3.05) is 0 Å². The molecule has 0 aromatic carbocycles. The zero-order chi connectivity index (χ0) is 9.97. The maximum atomic E-state index is 4.45. The number of aromatic nitrogens is 1. The summed E-state index contributed by atoms with van der Waals surface area (Å²) in [6.45, 7) is 4.28. The summed E-state index contributed by atoms with van der Waals surface area (Å²) >= 11 is 0. The van der Waals surface area contributed by atoms with Gasteiger partial charge in [0.1, 0.15) is 0 Å². The van der Waals surface area contributed by atoms with E-state index < -0.39 is 0 Å². The van der Waals surface area contributed by atoms with Crippen molar-refractivity contribution in [2.24, 2.45) is 0 Å². The van der Waals surface area contributed by atoms with Crippen LogP contribution in [0.4, 0.5) is 0 Å². The molecule has 0 unspecified atom stereocenters. The van der Waals surface area contributed by atoms with Crippen LogP contribution in [-0.4, -0.2) is 4.98 Å². The predicted molar refractivity (Wildman–Crippen MR) is 59.5 cm³/mol. The summed E-state index contributed by atoms with van der Waals surface area (Å²) in [6.07, 6.45) is 8.94. The molecule has 1 aromatic rings. The van der Waals surface area contributed by atoms with Crippen LogP contribution in [0.25, 0.3) is 0 Å². The van der Waals surface area contributed by atoms with Crippen molar-refractivity contribution in [3.05, 3.63) is 29.1 Å². The van der Waals surface area contributed by atoms with Crippen molar-refractivity contribution >= 4 is 0 Å². The van der Waals surface area contributed by atoms with Gasteiger partial charge in [0.2, 0.25) is 0 Å². The van der Waals surface area contributed by atoms with E-state index in [1.54, 1.807) is 0 Å². The first kappa shape index (κ1) is 9.70. The molecule has 2 rings (SSSR count). The van der Waals surface area contributed by atoms with Gasteiger partial charge in [-0.15, -0.1) is 0 Å². The molecule has 76 valence electrons. The van der Waals surface area contributed by atoms with Crippen LogP contribution in [0.3, 0.4) is 0 Å². The van der Waals surface area contributed by atoms with Gasteiger partial charge in [-0.2, -0.15) is 0 Å². The summed E-state index contributed by atoms with van der Waals surface area (Å²) in [4.78, 5) is 4.45. The zero-order valence-electron chi connectivity index (χ0n) is 9.21. The van der Waals surface area contributed by atoms with E-state index in [1.165, 1.54) is 48.9 Å². The topological polar surface area (TPSA) is 12.9 Å². The molecular weight excluding hydrogens is 170 g/mol. The molecule has 0 atom stereocenters. The molecule has 1 fully saturated rings. The fourth-order valence-electron chi connectivity index (χ4n) is 2.49. The van der Waals surface area contributed by atoms with Gasteiger partial charge in [-0.3, -0.25) is 4.98 Å². The second-order valence-electron chi connectivity index (χ2n) is 4.52. The van der Waals surface area contributed by atoms with E-state index in [2.05, 4.69) is 24.9 Å². The Hall–Kier alpha value is -0.850. The Morgan fingerprint density at radius 3 is 2.57 bits per heavy atom. The highest BCUT2D eigenvalue weighted by atomic mass is 14.7. The highest BCUT2D eigenvalue weighted by molar-refractivity contribution is 5.27. The van der Waals surface area contributed by atoms with E-state index in [1.807, 2.05) is 6.20 Å². The third-order valence-corrected chi connectivity index (χ3v) is 3.31. The van der Waals surface area contributed by atoms with E-state index in [4.69, 9.17) is 0 Å². The van der Waals surface area contributed by atoms with Gasteiger partial charge >= 0.3 is 0 Å². The molecule has 0 saturated heterocycles. The van der Waals surface area contributed by atoms with Crippen LogP contribution in [-0.2, 0) is 0 Å². The Balaban J connectivity index is 2.24. The number of hydrogen-bond acceptors (Lipinski definition) is 1. The van der Waals surface area contributed by atoms with Crippen molar-refractivity contribution in [1.82, 2.24) is 4.98 Å². The maximum Gasteiger partial charge on any atom is 0.0407 e. The molecule has 0 radical (unpaired) electrons. The molecule has 1 aliphatic rings. The van der Waals surface area contributed by atoms with E-state index >= 15 is 0 Å². The smallest absolute Gasteiger partial charge is 0.0407 e. The average Bonchev–Trinajstić information content (AvgIpc) is 2.23. The van der Waals surface area contributed by atoms with Gasteiger partial charge in [0.05, 0.1) is 0 Å². The SMILES string of the molecule is Cc1cnc(C)c(C2CCCCC2)c1. The minimum atomic E-state index is 0.788. The van der Waals surface area contributed by atoms with Gasteiger partial charge in [-0.05, 0) is 43.7 Å². The fourth-order valence-corrected chi connectivity index (χ4v) is 2.49. The maximum absolute atomic E-state index is 4.45. The molecule has 0 bridgehead atoms. The van der Waals surface area contributed by atoms with E-state index in [-0.39, 0.29) is 0 Å². The van der Waals surface area contributed by atoms with Crippen LogP contribution in [0.15, 0.2) is 12.3 Å². The Morgan fingerprint density at radius 1 is 1.14 bits per heavy atom. The lowest BCUT2D eigenvalue weighted by Crippen LogP contribution is -2.07. The van der Waals surface area contributed by atoms with Gasteiger partial charge in [0, 0.05) is 11.9 Å². The van der Waals surface area contributed by atoms with E-state index in [0.29, 0.717) is 0 Å². The molecule has 1 heterocycles. The Morgan fingerprint density at radius 2 is 1.86 bits per heavy atom. The number of hydrogen-bond donors (Lipinski definition) is 0. The normalized spacial score (nSPS) is 18.4. The van der Waals surface area contributed by atoms with Crippen LogP contribution in [0.1, 0.15) is 54.8 Å². The third kappa shape index (κ3) is 1.97. The number of aryl methyl sites for hydroxylation is 2. The first-order chi connectivity index (χ1) is 6.77. The first-order valence-corrected chi connectivity index (χ1v) is 5.70. The molecule has 14 heavy (non-hydrogen) atoms. The van der Waals surface area contributed by atoms with Crippen molar-refractivity contribution in [1.29, 1.82) is 0 Å². The molecule has 0 aliphatic heterocycles. The Labute approximate surface area is 86.6 Å². The van der Waals surface area contributed by atoms with Crippen LogP contribution >= 0.6 is 0 Å². The van der Waals surface area contributed by atoms with Crippen LogP contribution in [0, 0.1) is 13.8 Å². The van der Waals surface area contributed by atoms with Gasteiger partial charge < -0.3 is 0 Å². The van der Waals surface area contributed by atoms with Crippen molar-refractivity contribution in [3.63, 3.8) is 0 Å². The Kier molecular flexibility index (Phi) is 2.85. The summed E-state index contributed by atoms with van der Waals surface area (Å²) in [5.41, 5.74) is 4.04. The predicted octanol–water partition coefficient (Wildman–Crippen LogP) is 3.75. The summed E-state index contributed by atoms with van der Waals surface area (Å²) in [6, 6.07) is 2.33. The van der Waals surface area contributed by atoms with Crippen LogP contribution in [0.2, 0.25) is 0 Å². The van der Waals surface area contributed by atoms with Crippen molar-refractivity contribution in [3.8, 4) is 0 Å². The highest BCUT2D eigenvalue weighted by Crippen LogP contribution is 2.33. The lowest BCUT2D eigenvalue weighted by Gasteiger charge is -2.23. The molecule has 0 amide bonds. The largest absolute Gasteiger partial charge is 0.261 e. The molecule has 1 saturated carbocycles. The minimum Gasteiger partial charge on any atom is -0.261 e. The molecule has 0 spiro atoms. The monoisotopic (exact) mass is 189 g/mol. The Bertz CT molecular complexity index is 311. The quantitative estimate of drug-likeness (QED) is 0.655. The summed E-state index contributed by atoms with van der Waals surface area (Å²) in [5, 5.41) is 0. The van der Waals surface area contributed by atoms with Crippen LogP contribution < -0.4 is 0 Å². The lowest BCUT2D eigenvalue weighted by atomic mass is 9.83. The summed E-state index contributed by atoms with van der Waals surface area (Å²) in [5.74, 6) is 0.788. The van der Waals surface area contributed by atoms with Gasteiger partial charge in [-0.1, -0.05) is 25.3 Å². The number of nitrogens with zero attached hydrogens (tertiary/aromatic N) is 1. The zero-order valence-corrected chi connectivity index (χ0v) is 9.21. The average molecular weight is 189 g/mol. The first-order valence-electron chi connectivity index (χ1n) is 5.70. The molecular formula is C13H19N. The minimum absolute atomic E-state index is 0.788.